The number of amides is 4. The van der Waals surface area contributed by atoms with Gasteiger partial charge in [0.25, 0.3) is 5.56 Å². The number of aliphatic imine (C=N–C) groups is 1. The monoisotopic (exact) mass is 522 g/mol. The molecule has 1 aromatic heterocycles. The molecular formula is C25H26N6O5S. The Labute approximate surface area is 217 Å². The van der Waals surface area contributed by atoms with Gasteiger partial charge >= 0.3 is 6.03 Å². The van der Waals surface area contributed by atoms with Crippen molar-refractivity contribution in [2.45, 2.75) is 44.2 Å². The first-order valence-corrected chi connectivity index (χ1v) is 12.7. The lowest BCUT2D eigenvalue weighted by molar-refractivity contribution is -0.159. The van der Waals surface area contributed by atoms with E-state index < -0.39 is 28.8 Å². The quantitative estimate of drug-likeness (QED) is 0.359. The van der Waals surface area contributed by atoms with E-state index in [0.29, 0.717) is 18.7 Å². The van der Waals surface area contributed by atoms with Gasteiger partial charge in [0.15, 0.2) is 10.2 Å². The first kappa shape index (κ1) is 23.6. The number of carbonyl (C=O) groups is 3. The molecule has 2 saturated heterocycles. The van der Waals surface area contributed by atoms with Crippen molar-refractivity contribution < 1.29 is 19.5 Å². The van der Waals surface area contributed by atoms with Gasteiger partial charge in [0.1, 0.15) is 5.56 Å². The molecule has 37 heavy (non-hydrogen) atoms. The number of imide groups is 2. The highest BCUT2D eigenvalue weighted by molar-refractivity contribution is 7.71. The molecule has 0 radical (unpaired) electrons. The zero-order valence-corrected chi connectivity index (χ0v) is 21.2. The standard InChI is InChI=1S/C25H26N6O5S/c1-28-21(34)25(22(35)29(2)24(28)36)11-13-10-14(5-8-17(13)30-9-3-4-18(25)30)26-12-16-19(32)27-23(37)31(20(16)33)15-6-7-15/h5,8,10,12,15,18,33H,3-4,6-7,9,11H2,1-2H3,(H,27,32,37). The van der Waals surface area contributed by atoms with Crippen LogP contribution in [0.3, 0.4) is 0 Å². The topological polar surface area (TPSA) is 131 Å². The lowest BCUT2D eigenvalue weighted by Crippen LogP contribution is -2.70. The fourth-order valence-corrected chi connectivity index (χ4v) is 6.39. The number of aromatic amines is 1. The van der Waals surface area contributed by atoms with Gasteiger partial charge in [0.05, 0.1) is 11.7 Å². The summed E-state index contributed by atoms with van der Waals surface area (Å²) < 4.78 is 1.72. The molecule has 1 saturated carbocycles. The van der Waals surface area contributed by atoms with Crippen molar-refractivity contribution in [3.05, 3.63) is 44.5 Å². The van der Waals surface area contributed by atoms with E-state index >= 15 is 0 Å². The predicted octanol–water partition coefficient (Wildman–Crippen LogP) is 2.26. The smallest absolute Gasteiger partial charge is 0.332 e. The van der Waals surface area contributed by atoms with Crippen LogP contribution in [0, 0.1) is 10.2 Å². The van der Waals surface area contributed by atoms with Crippen LogP contribution in [0.1, 0.15) is 42.9 Å². The molecule has 2 N–H and O–H groups in total. The van der Waals surface area contributed by atoms with Crippen LogP contribution in [0.15, 0.2) is 28.0 Å². The largest absolute Gasteiger partial charge is 0.494 e. The van der Waals surface area contributed by atoms with Crippen LogP contribution in [-0.4, -0.2) is 75.2 Å². The van der Waals surface area contributed by atoms with Gasteiger partial charge in [-0.15, -0.1) is 0 Å². The van der Waals surface area contributed by atoms with Crippen molar-refractivity contribution in [1.82, 2.24) is 19.4 Å². The molecule has 6 rings (SSSR count). The number of aromatic nitrogens is 2. The summed E-state index contributed by atoms with van der Waals surface area (Å²) in [7, 11) is 2.83. The molecule has 4 aliphatic rings. The molecule has 1 aromatic carbocycles. The molecule has 12 heteroatoms. The van der Waals surface area contributed by atoms with E-state index in [1.807, 2.05) is 6.07 Å². The Balaban J connectivity index is 1.41. The highest BCUT2D eigenvalue weighted by Gasteiger charge is 2.63. The van der Waals surface area contributed by atoms with Gasteiger partial charge in [0.2, 0.25) is 17.7 Å². The number of nitrogens with one attached hydrogen (secondary N) is 1. The third-order valence-electron chi connectivity index (χ3n) is 8.02. The first-order chi connectivity index (χ1) is 17.6. The summed E-state index contributed by atoms with van der Waals surface area (Å²) in [5, 5.41) is 10.7. The summed E-state index contributed by atoms with van der Waals surface area (Å²) >= 11 is 5.20. The molecule has 1 atom stereocenters. The SMILES string of the molecule is CN1C(=O)N(C)C(=O)C2(Cc3cc(N=Cc4c(O)n(C5CC5)c(=S)[nH]c4=O)ccc3N3CCCC32)C1=O. The molecule has 1 unspecified atom stereocenters. The Morgan fingerprint density at radius 2 is 1.81 bits per heavy atom. The van der Waals surface area contributed by atoms with Crippen molar-refractivity contribution in [3.63, 3.8) is 0 Å². The second-order valence-corrected chi connectivity index (χ2v) is 10.6. The summed E-state index contributed by atoms with van der Waals surface area (Å²) in [5.74, 6) is -1.18. The number of hydrogen-bond acceptors (Lipinski definition) is 8. The van der Waals surface area contributed by atoms with Gasteiger partial charge in [-0.05, 0) is 68.1 Å². The molecular weight excluding hydrogens is 496 g/mol. The zero-order chi connectivity index (χ0) is 26.2. The van der Waals surface area contributed by atoms with Gasteiger partial charge < -0.3 is 10.0 Å². The maximum Gasteiger partial charge on any atom is 0.332 e. The van der Waals surface area contributed by atoms with E-state index in [-0.39, 0.29) is 34.7 Å². The van der Waals surface area contributed by atoms with Crippen molar-refractivity contribution in [1.29, 1.82) is 0 Å². The van der Waals surface area contributed by atoms with Gasteiger partial charge in [-0.1, -0.05) is 0 Å². The van der Waals surface area contributed by atoms with E-state index in [0.717, 1.165) is 40.3 Å². The number of barbiturate groups is 1. The van der Waals surface area contributed by atoms with Crippen LogP contribution in [0.2, 0.25) is 0 Å². The fourth-order valence-electron chi connectivity index (χ4n) is 6.06. The van der Waals surface area contributed by atoms with Crippen LogP contribution >= 0.6 is 12.2 Å². The highest BCUT2D eigenvalue weighted by Crippen LogP contribution is 2.49. The van der Waals surface area contributed by atoms with E-state index in [2.05, 4.69) is 14.9 Å². The number of urea groups is 1. The molecule has 1 spiro atoms. The molecule has 0 bridgehead atoms. The van der Waals surface area contributed by atoms with Crippen LogP contribution in [0.5, 0.6) is 5.88 Å². The molecule has 4 amide bonds. The Kier molecular flexibility index (Phi) is 5.17. The van der Waals surface area contributed by atoms with Crippen molar-refractivity contribution >= 4 is 47.7 Å². The number of aromatic hydroxyl groups is 1. The summed E-state index contributed by atoms with van der Waals surface area (Å²) in [5.41, 5.74) is 0.269. The number of H-pyrrole nitrogens is 1. The number of benzene rings is 1. The molecule has 2 aromatic rings. The fraction of sp³-hybridized carbons (Fsp3) is 0.440. The van der Waals surface area contributed by atoms with Crippen LogP contribution in [0.25, 0.3) is 0 Å². The van der Waals surface area contributed by atoms with Crippen LogP contribution in [0.4, 0.5) is 16.2 Å². The lowest BCUT2D eigenvalue weighted by atomic mass is 9.68. The summed E-state index contributed by atoms with van der Waals surface area (Å²) in [6.45, 7) is 0.696. The third kappa shape index (κ3) is 3.31. The van der Waals surface area contributed by atoms with Crippen molar-refractivity contribution in [2.24, 2.45) is 10.4 Å². The Bertz CT molecular complexity index is 1500. The Morgan fingerprint density at radius 1 is 1.11 bits per heavy atom. The van der Waals surface area contributed by atoms with Crippen LogP contribution < -0.4 is 10.5 Å². The lowest BCUT2D eigenvalue weighted by Gasteiger charge is -2.50. The molecule has 192 valence electrons. The third-order valence-corrected chi connectivity index (χ3v) is 8.32. The average Bonchev–Trinajstić information content (AvgIpc) is 3.58. The number of hydrogen-bond donors (Lipinski definition) is 2. The number of nitrogens with zero attached hydrogens (tertiary/aromatic N) is 5. The highest BCUT2D eigenvalue weighted by atomic mass is 32.1. The number of carbonyl (C=O) groups excluding carboxylic acids is 3. The minimum absolute atomic E-state index is 0.00805. The van der Waals surface area contributed by atoms with Crippen molar-refractivity contribution in [3.8, 4) is 5.88 Å². The summed E-state index contributed by atoms with van der Waals surface area (Å²) in [4.78, 5) is 63.2. The predicted molar refractivity (Wildman–Crippen MR) is 137 cm³/mol. The number of fused-ring (bicyclic) bond motifs is 4. The Hall–Kier alpha value is -3.80. The number of rotatable bonds is 3. The van der Waals surface area contributed by atoms with Gasteiger partial charge in [-0.25, -0.2) is 4.79 Å². The zero-order valence-electron chi connectivity index (χ0n) is 20.4. The van der Waals surface area contributed by atoms with Crippen LogP contribution in [-0.2, 0) is 16.0 Å². The average molecular weight is 523 g/mol. The molecule has 4 heterocycles. The molecule has 3 aliphatic heterocycles. The maximum absolute atomic E-state index is 13.5. The van der Waals surface area contributed by atoms with E-state index in [1.54, 1.807) is 12.1 Å². The molecule has 3 fully saturated rings. The normalized spacial score (nSPS) is 22.8. The number of anilines is 1. The first-order valence-electron chi connectivity index (χ1n) is 12.3. The molecule has 11 nitrogen and oxygen atoms in total. The second-order valence-electron chi connectivity index (χ2n) is 10.2. The Morgan fingerprint density at radius 3 is 2.49 bits per heavy atom. The van der Waals surface area contributed by atoms with Gasteiger partial charge in [-0.3, -0.25) is 38.7 Å². The minimum atomic E-state index is -1.40. The van der Waals surface area contributed by atoms with E-state index in [4.69, 9.17) is 12.2 Å². The summed E-state index contributed by atoms with van der Waals surface area (Å²) in [6, 6.07) is 4.60. The van der Waals surface area contributed by atoms with Gasteiger partial charge in [0, 0.05) is 38.6 Å². The second kappa shape index (κ2) is 8.10. The van der Waals surface area contributed by atoms with E-state index in [9.17, 15) is 24.3 Å². The van der Waals surface area contributed by atoms with E-state index in [1.165, 1.54) is 24.9 Å². The minimum Gasteiger partial charge on any atom is -0.494 e. The van der Waals surface area contributed by atoms with Crippen molar-refractivity contribution in [2.75, 3.05) is 25.5 Å². The molecule has 1 aliphatic carbocycles. The van der Waals surface area contributed by atoms with Gasteiger partial charge in [-0.2, -0.15) is 0 Å². The summed E-state index contributed by atoms with van der Waals surface area (Å²) in [6.07, 6.45) is 4.71. The maximum atomic E-state index is 13.5.